The first-order valence-electron chi connectivity index (χ1n) is 10.1. The van der Waals surface area contributed by atoms with E-state index >= 15 is 0 Å². The predicted molar refractivity (Wildman–Crippen MR) is 128 cm³/mol. The molecule has 0 atom stereocenters. The maximum Gasteiger partial charge on any atom is 0.234 e. The van der Waals surface area contributed by atoms with Gasteiger partial charge in [0.1, 0.15) is 5.58 Å². The number of carbonyl (C=O) groups excluding carboxylic acids is 1. The molecule has 0 saturated carbocycles. The quantitative estimate of drug-likeness (QED) is 0.301. The number of rotatable bonds is 7. The molecule has 4 rings (SSSR count). The van der Waals surface area contributed by atoms with Crippen molar-refractivity contribution in [3.05, 3.63) is 58.6 Å². The molecule has 0 aliphatic rings. The summed E-state index contributed by atoms with van der Waals surface area (Å²) in [6, 6.07) is 15.8. The van der Waals surface area contributed by atoms with Gasteiger partial charge in [0.05, 0.1) is 5.75 Å². The molecule has 160 valence electrons. The minimum atomic E-state index is -0.0805. The van der Waals surface area contributed by atoms with Crippen LogP contribution in [-0.2, 0) is 11.3 Å². The second kappa shape index (κ2) is 9.28. The van der Waals surface area contributed by atoms with Crippen molar-refractivity contribution in [1.29, 1.82) is 0 Å². The number of hydrogen-bond acceptors (Lipinski definition) is 5. The van der Waals surface area contributed by atoms with Gasteiger partial charge in [-0.15, -0.1) is 10.2 Å². The Morgan fingerprint density at radius 1 is 1.16 bits per heavy atom. The molecule has 0 aliphatic heterocycles. The first kappa shape index (κ1) is 21.6. The summed E-state index contributed by atoms with van der Waals surface area (Å²) < 4.78 is 8.91. The number of benzene rings is 2. The molecule has 2 aromatic heterocycles. The van der Waals surface area contributed by atoms with E-state index in [1.54, 1.807) is 0 Å². The van der Waals surface area contributed by atoms with E-state index in [1.807, 2.05) is 60.0 Å². The number of amides is 1. The highest BCUT2D eigenvalue weighted by Gasteiger charge is 2.18. The van der Waals surface area contributed by atoms with Crippen LogP contribution < -0.4 is 5.32 Å². The zero-order valence-corrected chi connectivity index (χ0v) is 20.0. The Kier molecular flexibility index (Phi) is 6.48. The summed E-state index contributed by atoms with van der Waals surface area (Å²) in [7, 11) is 0. The van der Waals surface area contributed by atoms with Crippen LogP contribution in [0.3, 0.4) is 0 Å². The van der Waals surface area contributed by atoms with E-state index in [4.69, 9.17) is 4.42 Å². The molecule has 8 heteroatoms. The van der Waals surface area contributed by atoms with E-state index in [1.165, 1.54) is 17.3 Å². The number of anilines is 1. The fourth-order valence-electron chi connectivity index (χ4n) is 3.27. The van der Waals surface area contributed by atoms with Gasteiger partial charge in [-0.1, -0.05) is 53.7 Å². The van der Waals surface area contributed by atoms with Crippen LogP contribution in [-0.4, -0.2) is 26.4 Å². The molecule has 2 heterocycles. The van der Waals surface area contributed by atoms with Gasteiger partial charge in [0, 0.05) is 22.1 Å². The fourth-order valence-corrected chi connectivity index (χ4v) is 4.45. The first-order valence-corrected chi connectivity index (χ1v) is 11.9. The average Bonchev–Trinajstić information content (AvgIpc) is 3.35. The third-order valence-electron chi connectivity index (χ3n) is 4.93. The summed E-state index contributed by atoms with van der Waals surface area (Å²) in [6.45, 7) is 6.98. The summed E-state index contributed by atoms with van der Waals surface area (Å²) in [4.78, 5) is 12.4. The number of aromatic nitrogens is 3. The van der Waals surface area contributed by atoms with Gasteiger partial charge in [-0.3, -0.25) is 9.36 Å². The van der Waals surface area contributed by atoms with Crippen LogP contribution in [0.25, 0.3) is 22.6 Å². The van der Waals surface area contributed by atoms with Crippen LogP contribution in [0.4, 0.5) is 5.69 Å². The number of thioether (sulfide) groups is 1. The molecule has 31 heavy (non-hydrogen) atoms. The lowest BCUT2D eigenvalue weighted by atomic mass is 10.0. The molecule has 2 aromatic carbocycles. The minimum absolute atomic E-state index is 0.0805. The van der Waals surface area contributed by atoms with Gasteiger partial charge in [-0.2, -0.15) is 0 Å². The molecule has 0 bridgehead atoms. The smallest absolute Gasteiger partial charge is 0.234 e. The molecule has 0 unspecified atom stereocenters. The van der Waals surface area contributed by atoms with Crippen molar-refractivity contribution in [2.24, 2.45) is 0 Å². The molecule has 0 fully saturated rings. The lowest BCUT2D eigenvalue weighted by molar-refractivity contribution is -0.113. The summed E-state index contributed by atoms with van der Waals surface area (Å²) in [5.74, 6) is 1.94. The van der Waals surface area contributed by atoms with Crippen LogP contribution in [0.15, 0.2) is 62.6 Å². The number of nitrogens with one attached hydrogen (secondary N) is 1. The SMILES string of the molecule is CCn1c(SCC(=O)Nc2ccc(C(C)C)cc2)nnc1-c1cc2cc(Br)ccc2o1. The number of nitrogens with zero attached hydrogens (tertiary/aromatic N) is 3. The number of halogens is 1. The van der Waals surface area contributed by atoms with Crippen molar-refractivity contribution in [2.75, 3.05) is 11.1 Å². The third-order valence-corrected chi connectivity index (χ3v) is 6.39. The largest absolute Gasteiger partial charge is 0.453 e. The lowest BCUT2D eigenvalue weighted by Gasteiger charge is -2.09. The van der Waals surface area contributed by atoms with Crippen molar-refractivity contribution in [3.63, 3.8) is 0 Å². The zero-order valence-electron chi connectivity index (χ0n) is 17.6. The topological polar surface area (TPSA) is 73.0 Å². The van der Waals surface area contributed by atoms with Crippen LogP contribution in [0.5, 0.6) is 0 Å². The van der Waals surface area contributed by atoms with Crippen LogP contribution >= 0.6 is 27.7 Å². The molecule has 6 nitrogen and oxygen atoms in total. The lowest BCUT2D eigenvalue weighted by Crippen LogP contribution is -2.14. The first-order chi connectivity index (χ1) is 14.9. The fraction of sp³-hybridized carbons (Fsp3) is 0.261. The van der Waals surface area contributed by atoms with Gasteiger partial charge in [-0.05, 0) is 54.8 Å². The van der Waals surface area contributed by atoms with E-state index in [0.717, 1.165) is 21.1 Å². The van der Waals surface area contributed by atoms with E-state index in [0.29, 0.717) is 29.2 Å². The minimum Gasteiger partial charge on any atom is -0.453 e. The summed E-state index contributed by atoms with van der Waals surface area (Å²) in [5.41, 5.74) is 2.83. The highest BCUT2D eigenvalue weighted by molar-refractivity contribution is 9.10. The molecule has 0 spiro atoms. The van der Waals surface area contributed by atoms with Crippen molar-refractivity contribution in [3.8, 4) is 11.6 Å². The van der Waals surface area contributed by atoms with Gasteiger partial charge in [0.2, 0.25) is 11.7 Å². The Balaban J connectivity index is 1.45. The average molecular weight is 499 g/mol. The molecule has 1 N–H and O–H groups in total. The molecule has 0 saturated heterocycles. The van der Waals surface area contributed by atoms with Gasteiger partial charge >= 0.3 is 0 Å². The molecule has 4 aromatic rings. The van der Waals surface area contributed by atoms with Gasteiger partial charge in [0.15, 0.2) is 10.9 Å². The van der Waals surface area contributed by atoms with Gasteiger partial charge < -0.3 is 9.73 Å². The zero-order chi connectivity index (χ0) is 22.0. The molecular weight excluding hydrogens is 476 g/mol. The maximum absolute atomic E-state index is 12.4. The Morgan fingerprint density at radius 2 is 1.94 bits per heavy atom. The van der Waals surface area contributed by atoms with Crippen molar-refractivity contribution in [1.82, 2.24) is 14.8 Å². The number of fused-ring (bicyclic) bond motifs is 1. The van der Waals surface area contributed by atoms with E-state index in [2.05, 4.69) is 45.3 Å². The van der Waals surface area contributed by atoms with E-state index in [-0.39, 0.29) is 11.7 Å². The van der Waals surface area contributed by atoms with Crippen LogP contribution in [0, 0.1) is 0 Å². The Bertz CT molecular complexity index is 1210. The predicted octanol–water partition coefficient (Wildman–Crippen LogP) is 6.33. The van der Waals surface area contributed by atoms with Crippen molar-refractivity contribution in [2.45, 2.75) is 38.4 Å². The Morgan fingerprint density at radius 3 is 2.65 bits per heavy atom. The summed E-state index contributed by atoms with van der Waals surface area (Å²) in [5, 5.41) is 13.2. The second-order valence-electron chi connectivity index (χ2n) is 7.46. The summed E-state index contributed by atoms with van der Waals surface area (Å²) in [6.07, 6.45) is 0. The highest BCUT2D eigenvalue weighted by atomic mass is 79.9. The van der Waals surface area contributed by atoms with Gasteiger partial charge in [0.25, 0.3) is 0 Å². The number of hydrogen-bond donors (Lipinski definition) is 1. The van der Waals surface area contributed by atoms with Crippen LogP contribution in [0.2, 0.25) is 0 Å². The van der Waals surface area contributed by atoms with Crippen molar-refractivity contribution < 1.29 is 9.21 Å². The monoisotopic (exact) mass is 498 g/mol. The Hall–Kier alpha value is -2.58. The standard InChI is InChI=1S/C23H23BrN4O2S/c1-4-28-22(20-12-16-11-17(24)7-10-19(16)30-20)26-27-23(28)31-13-21(29)25-18-8-5-15(6-9-18)14(2)3/h5-12,14H,4,13H2,1-3H3,(H,25,29). The molecular formula is C23H23BrN4O2S. The molecule has 0 radical (unpaired) electrons. The van der Waals surface area contributed by atoms with E-state index in [9.17, 15) is 4.79 Å². The second-order valence-corrected chi connectivity index (χ2v) is 9.31. The van der Waals surface area contributed by atoms with Gasteiger partial charge in [-0.25, -0.2) is 0 Å². The van der Waals surface area contributed by atoms with Crippen LogP contribution in [0.1, 0.15) is 32.3 Å². The van der Waals surface area contributed by atoms with Crippen molar-refractivity contribution >= 4 is 50.3 Å². The Labute approximate surface area is 193 Å². The maximum atomic E-state index is 12.4. The number of furan rings is 1. The highest BCUT2D eigenvalue weighted by Crippen LogP contribution is 2.30. The molecule has 0 aliphatic carbocycles. The third kappa shape index (κ3) is 4.85. The normalized spacial score (nSPS) is 11.4. The number of carbonyl (C=O) groups is 1. The molecule has 1 amide bonds. The summed E-state index contributed by atoms with van der Waals surface area (Å²) >= 11 is 4.84. The van der Waals surface area contributed by atoms with E-state index < -0.39 is 0 Å².